The van der Waals surface area contributed by atoms with E-state index in [4.69, 9.17) is 9.15 Å². The van der Waals surface area contributed by atoms with Gasteiger partial charge in [-0.05, 0) is 50.8 Å². The fraction of sp³-hybridized carbons (Fsp3) is 0.556. The number of aryl methyl sites for hydroxylation is 1. The Morgan fingerprint density at radius 1 is 1.00 bits per heavy atom. The molecule has 6 nitrogen and oxygen atoms in total. The largest absolute Gasteiger partial charge is 0.464 e. The zero-order valence-electron chi connectivity index (χ0n) is 20.1. The van der Waals surface area contributed by atoms with Crippen LogP contribution in [0.15, 0.2) is 46.9 Å². The first-order chi connectivity index (χ1) is 16.1. The van der Waals surface area contributed by atoms with Crippen molar-refractivity contribution in [3.05, 3.63) is 59.5 Å². The second-order valence-corrected chi connectivity index (χ2v) is 8.89. The molecule has 0 radical (unpaired) electrons. The molecule has 1 aliphatic carbocycles. The highest BCUT2D eigenvalue weighted by Gasteiger charge is 2.28. The number of carbonyl (C=O) groups excluding carboxylic acids is 2. The van der Waals surface area contributed by atoms with Crippen molar-refractivity contribution in [1.29, 1.82) is 0 Å². The first kappa shape index (κ1) is 25.0. The van der Waals surface area contributed by atoms with Gasteiger partial charge in [0.15, 0.2) is 0 Å². The third-order valence-corrected chi connectivity index (χ3v) is 6.22. The normalized spacial score (nSPS) is 14.2. The molecule has 0 bridgehead atoms. The highest BCUT2D eigenvalue weighted by atomic mass is 16.5. The lowest BCUT2D eigenvalue weighted by Gasteiger charge is -2.31. The summed E-state index contributed by atoms with van der Waals surface area (Å²) in [5.41, 5.74) is 1.05. The first-order valence-electron chi connectivity index (χ1n) is 12.3. The Morgan fingerprint density at radius 3 is 2.42 bits per heavy atom. The van der Waals surface area contributed by atoms with Gasteiger partial charge >= 0.3 is 0 Å². The lowest BCUT2D eigenvalue weighted by molar-refractivity contribution is -0.144. The molecule has 1 saturated carbocycles. The molecule has 0 spiro atoms. The van der Waals surface area contributed by atoms with E-state index in [2.05, 4.69) is 0 Å². The summed E-state index contributed by atoms with van der Waals surface area (Å²) in [5, 5.41) is 0. The van der Waals surface area contributed by atoms with Gasteiger partial charge in [-0.1, -0.05) is 49.6 Å². The van der Waals surface area contributed by atoms with Crippen LogP contribution < -0.4 is 0 Å². The van der Waals surface area contributed by atoms with Crippen LogP contribution in [0.1, 0.15) is 62.5 Å². The molecule has 1 aromatic heterocycles. The third-order valence-electron chi connectivity index (χ3n) is 6.22. The summed E-state index contributed by atoms with van der Waals surface area (Å²) in [6.07, 6.45) is 5.96. The number of furan rings is 1. The van der Waals surface area contributed by atoms with Crippen molar-refractivity contribution in [3.63, 3.8) is 0 Å². The highest BCUT2D eigenvalue weighted by molar-refractivity contribution is 5.86. The Morgan fingerprint density at radius 2 is 1.76 bits per heavy atom. The number of amides is 2. The highest BCUT2D eigenvalue weighted by Crippen LogP contribution is 2.26. The van der Waals surface area contributed by atoms with E-state index in [1.807, 2.05) is 56.3 Å². The van der Waals surface area contributed by atoms with Crippen molar-refractivity contribution >= 4 is 11.8 Å². The van der Waals surface area contributed by atoms with E-state index < -0.39 is 0 Å². The van der Waals surface area contributed by atoms with Gasteiger partial charge in [0.2, 0.25) is 11.8 Å². The maximum absolute atomic E-state index is 13.5. The molecule has 1 aliphatic rings. The Labute approximate surface area is 197 Å². The van der Waals surface area contributed by atoms with E-state index in [0.29, 0.717) is 32.8 Å². The van der Waals surface area contributed by atoms with Crippen LogP contribution in [0.5, 0.6) is 0 Å². The van der Waals surface area contributed by atoms with Gasteiger partial charge in [-0.3, -0.25) is 9.59 Å². The topological polar surface area (TPSA) is 63.0 Å². The Hall–Kier alpha value is -2.60. The van der Waals surface area contributed by atoms with Gasteiger partial charge in [-0.25, -0.2) is 0 Å². The monoisotopic (exact) mass is 454 g/mol. The second-order valence-electron chi connectivity index (χ2n) is 8.89. The van der Waals surface area contributed by atoms with Crippen molar-refractivity contribution in [3.8, 4) is 0 Å². The number of benzene rings is 1. The molecule has 3 rings (SSSR count). The van der Waals surface area contributed by atoms with Crippen LogP contribution in [0.25, 0.3) is 0 Å². The van der Waals surface area contributed by atoms with Crippen molar-refractivity contribution in [2.45, 2.75) is 65.5 Å². The quantitative estimate of drug-likeness (QED) is 0.426. The number of carbonyl (C=O) groups is 2. The lowest BCUT2D eigenvalue weighted by Crippen LogP contribution is -2.45. The van der Waals surface area contributed by atoms with E-state index >= 15 is 0 Å². The standard InChI is InChI=1S/C27H38N2O4/c1-3-32-18-10-17-28(27(31)24-13-8-5-9-14-24)21-26(30)29(19-23-11-6-4-7-12-23)20-25-16-15-22(2)33-25/h4,6-7,11-12,15-16,24H,3,5,8-10,13-14,17-21H2,1-2H3. The summed E-state index contributed by atoms with van der Waals surface area (Å²) >= 11 is 0. The first-order valence-corrected chi connectivity index (χ1v) is 12.3. The van der Waals surface area contributed by atoms with Gasteiger partial charge in [-0.15, -0.1) is 0 Å². The summed E-state index contributed by atoms with van der Waals surface area (Å²) in [4.78, 5) is 30.4. The van der Waals surface area contributed by atoms with E-state index in [-0.39, 0.29) is 24.3 Å². The molecule has 0 aliphatic heterocycles. The second kappa shape index (κ2) is 13.2. The van der Waals surface area contributed by atoms with Gasteiger partial charge in [0.05, 0.1) is 13.1 Å². The SMILES string of the molecule is CCOCCCN(CC(=O)N(Cc1ccccc1)Cc1ccc(C)o1)C(=O)C1CCCCC1. The maximum Gasteiger partial charge on any atom is 0.242 e. The van der Waals surface area contributed by atoms with Crippen LogP contribution >= 0.6 is 0 Å². The number of rotatable bonds is 12. The Balaban J connectivity index is 1.72. The van der Waals surface area contributed by atoms with E-state index in [1.165, 1.54) is 6.42 Å². The summed E-state index contributed by atoms with van der Waals surface area (Å²) < 4.78 is 11.2. The maximum atomic E-state index is 13.5. The van der Waals surface area contributed by atoms with Gasteiger partial charge in [0.1, 0.15) is 11.5 Å². The number of hydrogen-bond acceptors (Lipinski definition) is 4. The minimum atomic E-state index is -0.0616. The molecule has 2 aromatic rings. The van der Waals surface area contributed by atoms with Crippen molar-refractivity contribution in [2.75, 3.05) is 26.3 Å². The molecule has 180 valence electrons. The molecule has 6 heteroatoms. The Kier molecular flexibility index (Phi) is 10.0. The summed E-state index contributed by atoms with van der Waals surface area (Å²) in [6.45, 7) is 6.60. The summed E-state index contributed by atoms with van der Waals surface area (Å²) in [5.74, 6) is 1.66. The number of ether oxygens (including phenoxy) is 1. The summed E-state index contributed by atoms with van der Waals surface area (Å²) in [6, 6.07) is 13.8. The van der Waals surface area contributed by atoms with Crippen LogP contribution in [0.2, 0.25) is 0 Å². The number of nitrogens with zero attached hydrogens (tertiary/aromatic N) is 2. The van der Waals surface area contributed by atoms with E-state index in [1.54, 1.807) is 9.80 Å². The third kappa shape index (κ3) is 8.04. The average molecular weight is 455 g/mol. The van der Waals surface area contributed by atoms with Crippen molar-refractivity contribution < 1.29 is 18.7 Å². The van der Waals surface area contributed by atoms with Gasteiger partial charge in [-0.2, -0.15) is 0 Å². The molecule has 1 heterocycles. The van der Waals surface area contributed by atoms with Crippen molar-refractivity contribution in [2.24, 2.45) is 5.92 Å². The van der Waals surface area contributed by atoms with Gasteiger partial charge in [0, 0.05) is 32.2 Å². The van der Waals surface area contributed by atoms with Crippen LogP contribution in [0, 0.1) is 12.8 Å². The zero-order chi connectivity index (χ0) is 23.5. The Bertz CT molecular complexity index is 858. The summed E-state index contributed by atoms with van der Waals surface area (Å²) in [7, 11) is 0. The molecule has 0 saturated heterocycles. The zero-order valence-corrected chi connectivity index (χ0v) is 20.1. The predicted octanol–water partition coefficient (Wildman–Crippen LogP) is 4.95. The average Bonchev–Trinajstić information content (AvgIpc) is 3.25. The molecule has 2 amide bonds. The lowest BCUT2D eigenvalue weighted by atomic mass is 9.88. The van der Waals surface area contributed by atoms with E-state index in [9.17, 15) is 9.59 Å². The molecular weight excluding hydrogens is 416 g/mol. The molecule has 1 aromatic carbocycles. The smallest absolute Gasteiger partial charge is 0.242 e. The van der Waals surface area contributed by atoms with Crippen molar-refractivity contribution in [1.82, 2.24) is 9.80 Å². The van der Waals surface area contributed by atoms with Crippen LogP contribution in [0.4, 0.5) is 0 Å². The fourth-order valence-electron chi connectivity index (χ4n) is 4.43. The molecular formula is C27H38N2O4. The molecule has 0 atom stereocenters. The molecule has 33 heavy (non-hydrogen) atoms. The number of hydrogen-bond donors (Lipinski definition) is 0. The van der Waals surface area contributed by atoms with Gasteiger partial charge < -0.3 is 19.0 Å². The van der Waals surface area contributed by atoms with Crippen LogP contribution in [0.3, 0.4) is 0 Å². The predicted molar refractivity (Wildman–Crippen MR) is 128 cm³/mol. The minimum Gasteiger partial charge on any atom is -0.464 e. The molecule has 1 fully saturated rings. The van der Waals surface area contributed by atoms with Crippen LogP contribution in [-0.2, 0) is 27.4 Å². The fourth-order valence-corrected chi connectivity index (χ4v) is 4.43. The minimum absolute atomic E-state index is 0.0361. The van der Waals surface area contributed by atoms with E-state index in [0.717, 1.165) is 49.2 Å². The van der Waals surface area contributed by atoms with Gasteiger partial charge in [0.25, 0.3) is 0 Å². The molecule has 0 unspecified atom stereocenters. The van der Waals surface area contributed by atoms with Crippen LogP contribution in [-0.4, -0.2) is 47.9 Å². The molecule has 0 N–H and O–H groups in total.